The summed E-state index contributed by atoms with van der Waals surface area (Å²) in [5, 5.41) is 21.2. The van der Waals surface area contributed by atoms with Crippen molar-refractivity contribution in [2.24, 2.45) is 0 Å². The van der Waals surface area contributed by atoms with Crippen LogP contribution >= 0.6 is 0 Å². The van der Waals surface area contributed by atoms with Crippen molar-refractivity contribution in [2.75, 3.05) is 18.5 Å². The zero-order valence-electron chi connectivity index (χ0n) is 19.1. The number of aryl methyl sites for hydroxylation is 1. The number of hydrogen-bond acceptors (Lipinski definition) is 7. The van der Waals surface area contributed by atoms with Crippen molar-refractivity contribution < 1.29 is 9.84 Å². The first kappa shape index (κ1) is 22.2. The number of hydrogen-bond donors (Lipinski definition) is 2. The summed E-state index contributed by atoms with van der Waals surface area (Å²) >= 11 is 0. The van der Waals surface area contributed by atoms with Crippen molar-refractivity contribution in [3.05, 3.63) is 81.5 Å². The fraction of sp³-hybridized carbons (Fsp3) is 0.360. The topological polar surface area (TPSA) is 107 Å². The smallest absolute Gasteiger partial charge is 0.196 e. The molecule has 9 heteroatoms. The molecule has 0 radical (unpaired) electrons. The first-order valence-electron chi connectivity index (χ1n) is 11.6. The standard InChI is InChI=1S/C25H28N6O3/c1-2-30-14-19(15-31-22(13-27-29-31)16-34-8-7-32)24(33)23-11-21(12-26-25(23)30)28-20-9-17-5-3-4-6-18(17)10-20/h3-6,11-14,20,28,32H,2,7-10,15-16H2,1H3. The molecule has 34 heavy (non-hydrogen) atoms. The lowest BCUT2D eigenvalue weighted by atomic mass is 10.1. The van der Waals surface area contributed by atoms with Crippen molar-refractivity contribution in [1.29, 1.82) is 0 Å². The van der Waals surface area contributed by atoms with Gasteiger partial charge in [-0.15, -0.1) is 5.10 Å². The van der Waals surface area contributed by atoms with Crippen LogP contribution in [0.5, 0.6) is 0 Å². The van der Waals surface area contributed by atoms with Crippen LogP contribution in [0.1, 0.15) is 29.3 Å². The number of benzene rings is 1. The zero-order valence-corrected chi connectivity index (χ0v) is 19.1. The van der Waals surface area contributed by atoms with Crippen LogP contribution in [0, 0.1) is 0 Å². The Morgan fingerprint density at radius 3 is 2.74 bits per heavy atom. The zero-order chi connectivity index (χ0) is 23.5. The quantitative estimate of drug-likeness (QED) is 0.369. The lowest BCUT2D eigenvalue weighted by Crippen LogP contribution is -2.22. The molecule has 1 aliphatic carbocycles. The summed E-state index contributed by atoms with van der Waals surface area (Å²) in [4.78, 5) is 18.1. The van der Waals surface area contributed by atoms with Crippen molar-refractivity contribution in [3.8, 4) is 0 Å². The van der Waals surface area contributed by atoms with Crippen LogP contribution in [0.25, 0.3) is 11.0 Å². The number of ether oxygens (including phenoxy) is 1. The third kappa shape index (κ3) is 4.44. The largest absolute Gasteiger partial charge is 0.394 e. The summed E-state index contributed by atoms with van der Waals surface area (Å²) in [6.07, 6.45) is 7.19. The molecule has 0 fully saturated rings. The molecule has 3 heterocycles. The molecule has 0 saturated heterocycles. The van der Waals surface area contributed by atoms with E-state index < -0.39 is 0 Å². The minimum atomic E-state index is -0.0664. The minimum absolute atomic E-state index is 0.0518. The predicted molar refractivity (Wildman–Crippen MR) is 129 cm³/mol. The van der Waals surface area contributed by atoms with Crippen LogP contribution in [0.4, 0.5) is 5.69 Å². The van der Waals surface area contributed by atoms with E-state index in [1.807, 2.05) is 30.0 Å². The number of nitrogens with zero attached hydrogens (tertiary/aromatic N) is 5. The monoisotopic (exact) mass is 460 g/mol. The fourth-order valence-electron chi connectivity index (χ4n) is 4.59. The molecule has 176 valence electrons. The van der Waals surface area contributed by atoms with Gasteiger partial charge < -0.3 is 19.7 Å². The number of aromatic nitrogens is 5. The molecule has 1 aromatic carbocycles. The van der Waals surface area contributed by atoms with E-state index in [1.165, 1.54) is 11.1 Å². The molecule has 1 aliphatic rings. The van der Waals surface area contributed by atoms with Crippen LogP contribution in [0.3, 0.4) is 0 Å². The summed E-state index contributed by atoms with van der Waals surface area (Å²) < 4.78 is 9.05. The van der Waals surface area contributed by atoms with E-state index in [2.05, 4.69) is 44.9 Å². The van der Waals surface area contributed by atoms with E-state index in [-0.39, 0.29) is 37.8 Å². The lowest BCUT2D eigenvalue weighted by Gasteiger charge is -2.16. The Morgan fingerprint density at radius 2 is 2.00 bits per heavy atom. The van der Waals surface area contributed by atoms with E-state index in [0.29, 0.717) is 23.1 Å². The summed E-state index contributed by atoms with van der Waals surface area (Å²) in [7, 11) is 0. The highest BCUT2D eigenvalue weighted by molar-refractivity contribution is 5.79. The minimum Gasteiger partial charge on any atom is -0.394 e. The molecule has 0 aliphatic heterocycles. The van der Waals surface area contributed by atoms with Gasteiger partial charge in [0.15, 0.2) is 5.43 Å². The second-order valence-electron chi connectivity index (χ2n) is 8.54. The number of anilines is 1. The van der Waals surface area contributed by atoms with E-state index in [9.17, 15) is 4.79 Å². The number of aliphatic hydroxyl groups excluding tert-OH is 1. The van der Waals surface area contributed by atoms with Crippen molar-refractivity contribution in [2.45, 2.75) is 45.5 Å². The summed E-state index contributed by atoms with van der Waals surface area (Å²) in [5.41, 5.74) is 5.54. The van der Waals surface area contributed by atoms with Crippen LogP contribution in [-0.4, -0.2) is 48.9 Å². The number of aliphatic hydroxyl groups is 1. The molecule has 0 atom stereocenters. The highest BCUT2D eigenvalue weighted by atomic mass is 16.5. The second-order valence-corrected chi connectivity index (χ2v) is 8.54. The molecule has 0 spiro atoms. The van der Waals surface area contributed by atoms with Crippen LogP contribution in [0.2, 0.25) is 0 Å². The normalized spacial score (nSPS) is 13.5. The molecule has 0 saturated carbocycles. The van der Waals surface area contributed by atoms with Gasteiger partial charge >= 0.3 is 0 Å². The third-order valence-electron chi connectivity index (χ3n) is 6.25. The number of rotatable bonds is 9. The molecule has 3 aromatic heterocycles. The molecule has 2 N–H and O–H groups in total. The van der Waals surface area contributed by atoms with Gasteiger partial charge in [0.2, 0.25) is 0 Å². The summed E-state index contributed by atoms with van der Waals surface area (Å²) in [6, 6.07) is 10.7. The molecule has 0 unspecified atom stereocenters. The van der Waals surface area contributed by atoms with Crippen LogP contribution in [0.15, 0.2) is 53.7 Å². The van der Waals surface area contributed by atoms with E-state index in [4.69, 9.17) is 9.84 Å². The summed E-state index contributed by atoms with van der Waals surface area (Å²) in [5.74, 6) is 0. The molecule has 0 amide bonds. The van der Waals surface area contributed by atoms with Gasteiger partial charge in [-0.1, -0.05) is 29.5 Å². The highest BCUT2D eigenvalue weighted by Gasteiger charge is 2.21. The highest BCUT2D eigenvalue weighted by Crippen LogP contribution is 2.25. The van der Waals surface area contributed by atoms with Crippen LogP contribution < -0.4 is 10.7 Å². The van der Waals surface area contributed by atoms with Crippen molar-refractivity contribution in [1.82, 2.24) is 24.5 Å². The number of fused-ring (bicyclic) bond motifs is 2. The molecule has 9 nitrogen and oxygen atoms in total. The Kier molecular flexibility index (Phi) is 6.37. The lowest BCUT2D eigenvalue weighted by molar-refractivity contribution is 0.0776. The maximum atomic E-state index is 13.5. The van der Waals surface area contributed by atoms with Gasteiger partial charge in [-0.3, -0.25) is 4.79 Å². The van der Waals surface area contributed by atoms with E-state index in [1.54, 1.807) is 10.9 Å². The molecule has 4 aromatic rings. The van der Waals surface area contributed by atoms with Crippen molar-refractivity contribution >= 4 is 16.7 Å². The SMILES string of the molecule is CCn1cc(Cn2nncc2COCCO)c(=O)c2cc(NC3Cc4ccccc4C3)cnc21. The third-order valence-corrected chi connectivity index (χ3v) is 6.25. The number of nitrogens with one attached hydrogen (secondary N) is 1. The molecular formula is C25H28N6O3. The van der Waals surface area contributed by atoms with Gasteiger partial charge in [-0.05, 0) is 37.0 Å². The Labute approximate surface area is 197 Å². The Morgan fingerprint density at radius 1 is 1.21 bits per heavy atom. The van der Waals surface area contributed by atoms with Gasteiger partial charge in [0, 0.05) is 24.3 Å². The van der Waals surface area contributed by atoms with Gasteiger partial charge in [-0.2, -0.15) is 0 Å². The number of pyridine rings is 2. The molecule has 5 rings (SSSR count). The molecule has 0 bridgehead atoms. The fourth-order valence-corrected chi connectivity index (χ4v) is 4.59. The van der Waals surface area contributed by atoms with E-state index in [0.717, 1.165) is 24.2 Å². The van der Waals surface area contributed by atoms with Gasteiger partial charge in [0.05, 0.1) is 55.5 Å². The Balaban J connectivity index is 1.42. The predicted octanol–water partition coefficient (Wildman–Crippen LogP) is 2.14. The summed E-state index contributed by atoms with van der Waals surface area (Å²) in [6.45, 7) is 3.44. The Hall–Kier alpha value is -3.56. The van der Waals surface area contributed by atoms with Gasteiger partial charge in [0.1, 0.15) is 5.65 Å². The Bertz CT molecular complexity index is 1340. The first-order chi connectivity index (χ1) is 16.7. The molecular weight excluding hydrogens is 432 g/mol. The van der Waals surface area contributed by atoms with Crippen LogP contribution in [-0.2, 0) is 37.3 Å². The van der Waals surface area contributed by atoms with Gasteiger partial charge in [-0.25, -0.2) is 9.67 Å². The van der Waals surface area contributed by atoms with E-state index >= 15 is 0 Å². The van der Waals surface area contributed by atoms with Crippen molar-refractivity contribution in [3.63, 3.8) is 0 Å². The van der Waals surface area contributed by atoms with Gasteiger partial charge in [0.25, 0.3) is 0 Å². The first-order valence-corrected chi connectivity index (χ1v) is 11.6. The average molecular weight is 461 g/mol. The maximum Gasteiger partial charge on any atom is 0.196 e. The maximum absolute atomic E-state index is 13.5. The average Bonchev–Trinajstić information content (AvgIpc) is 3.47. The second kappa shape index (κ2) is 9.74.